The zero-order chi connectivity index (χ0) is 15.6. The topological polar surface area (TPSA) is 53.6 Å². The van der Waals surface area contributed by atoms with E-state index in [-0.39, 0.29) is 0 Å². The van der Waals surface area contributed by atoms with E-state index in [9.17, 15) is 0 Å². The molecule has 0 bridgehead atoms. The number of nitrogens with two attached hydrogens (primary N) is 1. The molecule has 1 aromatic heterocycles. The SMILES string of the molecule is NC(=Nc1ccc2c(c1)CC[C@@H]1CCNCCN21)c1cccs1. The Kier molecular flexibility index (Phi) is 4.06. The van der Waals surface area contributed by atoms with Crippen LogP contribution in [0, 0.1) is 0 Å². The van der Waals surface area contributed by atoms with Crippen molar-refractivity contribution in [1.29, 1.82) is 0 Å². The molecule has 0 aliphatic carbocycles. The molecule has 4 rings (SSSR count). The summed E-state index contributed by atoms with van der Waals surface area (Å²) in [5.41, 5.74) is 9.87. The standard InChI is InChI=1S/C18H22N4S/c19-18(17-2-1-11-23-17)21-14-4-6-16-13(12-14)3-5-15-7-8-20-9-10-22(15)16/h1-2,4,6,11-12,15,20H,3,5,7-10H2,(H2,19,21)/t15-/m1/s1. The Morgan fingerprint density at radius 2 is 2.22 bits per heavy atom. The van der Waals surface area contributed by atoms with Crippen molar-refractivity contribution in [2.45, 2.75) is 25.3 Å². The Morgan fingerprint density at radius 3 is 3.09 bits per heavy atom. The first-order valence-electron chi connectivity index (χ1n) is 8.29. The number of rotatable bonds is 2. The molecule has 120 valence electrons. The second-order valence-electron chi connectivity index (χ2n) is 6.21. The number of nitrogens with zero attached hydrogens (tertiary/aromatic N) is 2. The summed E-state index contributed by atoms with van der Waals surface area (Å²) in [5.74, 6) is 0.604. The van der Waals surface area contributed by atoms with E-state index in [1.54, 1.807) is 11.3 Å². The number of amidine groups is 1. The van der Waals surface area contributed by atoms with E-state index < -0.39 is 0 Å². The quantitative estimate of drug-likeness (QED) is 0.659. The predicted molar refractivity (Wildman–Crippen MR) is 98.1 cm³/mol. The van der Waals surface area contributed by atoms with Crippen LogP contribution in [0.1, 0.15) is 23.3 Å². The minimum atomic E-state index is 0.604. The summed E-state index contributed by atoms with van der Waals surface area (Å²) in [6.07, 6.45) is 3.62. The van der Waals surface area contributed by atoms with Gasteiger partial charge >= 0.3 is 0 Å². The fourth-order valence-electron chi connectivity index (χ4n) is 3.61. The van der Waals surface area contributed by atoms with Gasteiger partial charge < -0.3 is 16.0 Å². The fraction of sp³-hybridized carbons (Fsp3) is 0.389. The Morgan fingerprint density at radius 1 is 1.26 bits per heavy atom. The predicted octanol–water partition coefficient (Wildman–Crippen LogP) is 2.90. The molecule has 0 radical (unpaired) electrons. The monoisotopic (exact) mass is 326 g/mol. The molecule has 4 nitrogen and oxygen atoms in total. The minimum absolute atomic E-state index is 0.604. The number of aryl methyl sites for hydroxylation is 1. The van der Waals surface area contributed by atoms with Crippen molar-refractivity contribution in [3.05, 3.63) is 46.2 Å². The first-order chi connectivity index (χ1) is 11.3. The Labute approximate surface area is 141 Å². The lowest BCUT2D eigenvalue weighted by Gasteiger charge is -2.37. The van der Waals surface area contributed by atoms with Gasteiger partial charge in [0.25, 0.3) is 0 Å². The van der Waals surface area contributed by atoms with Crippen molar-refractivity contribution < 1.29 is 0 Å². The Bertz CT molecular complexity index is 708. The van der Waals surface area contributed by atoms with Crippen molar-refractivity contribution in [1.82, 2.24) is 5.32 Å². The number of hydrogen-bond donors (Lipinski definition) is 2. The molecule has 3 N–H and O–H groups in total. The van der Waals surface area contributed by atoms with Crippen LogP contribution in [0.4, 0.5) is 11.4 Å². The average Bonchev–Trinajstić information content (AvgIpc) is 3.00. The lowest BCUT2D eigenvalue weighted by atomic mass is 9.94. The Hall–Kier alpha value is -1.85. The summed E-state index contributed by atoms with van der Waals surface area (Å²) in [7, 11) is 0. The van der Waals surface area contributed by atoms with Crippen LogP contribution in [0.25, 0.3) is 0 Å². The normalized spacial score (nSPS) is 21.5. The summed E-state index contributed by atoms with van der Waals surface area (Å²) >= 11 is 1.63. The Balaban J connectivity index is 1.63. The summed E-state index contributed by atoms with van der Waals surface area (Å²) in [6.45, 7) is 3.30. The van der Waals surface area contributed by atoms with Gasteiger partial charge in [0.1, 0.15) is 5.84 Å². The average molecular weight is 326 g/mol. The van der Waals surface area contributed by atoms with Gasteiger partial charge in [0.2, 0.25) is 0 Å². The number of fused-ring (bicyclic) bond motifs is 3. The summed E-state index contributed by atoms with van der Waals surface area (Å²) in [6, 6.07) is 11.2. The maximum atomic E-state index is 6.12. The van der Waals surface area contributed by atoms with Gasteiger partial charge in [-0.2, -0.15) is 0 Å². The molecule has 1 saturated heterocycles. The van der Waals surface area contributed by atoms with Gasteiger partial charge in [0, 0.05) is 24.8 Å². The number of aliphatic imine (C=N–C) groups is 1. The second kappa shape index (κ2) is 6.34. The third kappa shape index (κ3) is 2.99. The van der Waals surface area contributed by atoms with Crippen molar-refractivity contribution in [3.8, 4) is 0 Å². The molecule has 0 saturated carbocycles. The molecule has 2 aromatic rings. The van der Waals surface area contributed by atoms with Crippen molar-refractivity contribution in [2.75, 3.05) is 24.5 Å². The second-order valence-corrected chi connectivity index (χ2v) is 7.16. The lowest BCUT2D eigenvalue weighted by molar-refractivity contribution is 0.525. The summed E-state index contributed by atoms with van der Waals surface area (Å²) < 4.78 is 0. The molecule has 3 heterocycles. The molecule has 2 aliphatic rings. The van der Waals surface area contributed by atoms with E-state index in [0.29, 0.717) is 11.9 Å². The van der Waals surface area contributed by atoms with Crippen LogP contribution in [0.5, 0.6) is 0 Å². The smallest absolute Gasteiger partial charge is 0.141 e. The van der Waals surface area contributed by atoms with Crippen LogP contribution in [0.15, 0.2) is 40.7 Å². The maximum absolute atomic E-state index is 6.12. The highest BCUT2D eigenvalue weighted by Gasteiger charge is 2.27. The number of anilines is 1. The largest absolute Gasteiger partial charge is 0.383 e. The summed E-state index contributed by atoms with van der Waals surface area (Å²) in [5, 5.41) is 5.53. The fourth-order valence-corrected chi connectivity index (χ4v) is 4.24. The van der Waals surface area contributed by atoms with Crippen molar-refractivity contribution >= 4 is 28.5 Å². The van der Waals surface area contributed by atoms with Crippen LogP contribution in [0.2, 0.25) is 0 Å². The molecule has 0 spiro atoms. The van der Waals surface area contributed by atoms with Crippen molar-refractivity contribution in [3.63, 3.8) is 0 Å². The number of nitrogens with one attached hydrogen (secondary N) is 1. The van der Waals surface area contributed by atoms with Gasteiger partial charge in [0.05, 0.1) is 10.6 Å². The van der Waals surface area contributed by atoms with Gasteiger partial charge in [-0.3, -0.25) is 0 Å². The van der Waals surface area contributed by atoms with Crippen LogP contribution in [-0.2, 0) is 6.42 Å². The number of benzene rings is 1. The zero-order valence-corrected chi connectivity index (χ0v) is 14.0. The van der Waals surface area contributed by atoms with E-state index in [2.05, 4.69) is 33.4 Å². The van der Waals surface area contributed by atoms with Gasteiger partial charge in [-0.15, -0.1) is 11.3 Å². The van der Waals surface area contributed by atoms with Crippen LogP contribution < -0.4 is 16.0 Å². The van der Waals surface area contributed by atoms with E-state index in [1.807, 2.05) is 17.5 Å². The van der Waals surface area contributed by atoms with E-state index in [4.69, 9.17) is 5.73 Å². The van der Waals surface area contributed by atoms with Gasteiger partial charge in [-0.1, -0.05) is 6.07 Å². The first-order valence-corrected chi connectivity index (χ1v) is 9.17. The highest BCUT2D eigenvalue weighted by molar-refractivity contribution is 7.12. The summed E-state index contributed by atoms with van der Waals surface area (Å²) in [4.78, 5) is 8.21. The van der Waals surface area contributed by atoms with Crippen LogP contribution in [-0.4, -0.2) is 31.5 Å². The molecular weight excluding hydrogens is 304 g/mol. The molecule has 2 aliphatic heterocycles. The molecular formula is C18H22N4S. The van der Waals surface area contributed by atoms with Gasteiger partial charge in [0.15, 0.2) is 0 Å². The van der Waals surface area contributed by atoms with Crippen LogP contribution >= 0.6 is 11.3 Å². The third-order valence-corrected chi connectivity index (χ3v) is 5.66. The first kappa shape index (κ1) is 14.7. The number of thiophene rings is 1. The molecule has 0 unspecified atom stereocenters. The van der Waals surface area contributed by atoms with Crippen molar-refractivity contribution in [2.24, 2.45) is 10.7 Å². The van der Waals surface area contributed by atoms with E-state index >= 15 is 0 Å². The molecule has 1 atom stereocenters. The number of hydrogen-bond acceptors (Lipinski definition) is 4. The molecule has 1 fully saturated rings. The third-order valence-electron chi connectivity index (χ3n) is 4.77. The van der Waals surface area contributed by atoms with E-state index in [1.165, 1.54) is 24.1 Å². The molecule has 23 heavy (non-hydrogen) atoms. The molecule has 1 aromatic carbocycles. The van der Waals surface area contributed by atoms with Crippen LogP contribution in [0.3, 0.4) is 0 Å². The molecule has 5 heteroatoms. The van der Waals surface area contributed by atoms with E-state index in [0.717, 1.165) is 36.6 Å². The lowest BCUT2D eigenvalue weighted by Crippen LogP contribution is -2.40. The van der Waals surface area contributed by atoms with Gasteiger partial charge in [-0.05, 0) is 61.0 Å². The highest BCUT2D eigenvalue weighted by atomic mass is 32.1. The van der Waals surface area contributed by atoms with Gasteiger partial charge in [-0.25, -0.2) is 4.99 Å². The highest BCUT2D eigenvalue weighted by Crippen LogP contribution is 2.34. The zero-order valence-electron chi connectivity index (χ0n) is 13.2. The maximum Gasteiger partial charge on any atom is 0.141 e. The minimum Gasteiger partial charge on any atom is -0.383 e. The molecule has 0 amide bonds.